The van der Waals surface area contributed by atoms with Crippen LogP contribution in [-0.2, 0) is 10.9 Å². The van der Waals surface area contributed by atoms with Crippen LogP contribution in [0.15, 0.2) is 4.42 Å². The van der Waals surface area contributed by atoms with E-state index < -0.39 is 23.6 Å². The number of hydrogen-bond acceptors (Lipinski definition) is 5. The Morgan fingerprint density at radius 3 is 2.59 bits per heavy atom. The van der Waals surface area contributed by atoms with Crippen LogP contribution in [0, 0.1) is 0 Å². The van der Waals surface area contributed by atoms with Crippen LogP contribution < -0.4 is 5.32 Å². The molecule has 0 radical (unpaired) electrons. The molecule has 1 N–H and O–H groups in total. The second-order valence-corrected chi connectivity index (χ2v) is 2.95. The summed E-state index contributed by atoms with van der Waals surface area (Å²) in [7, 11) is 0. The fraction of sp³-hybridized carbons (Fsp3) is 0.556. The van der Waals surface area contributed by atoms with E-state index in [0.717, 1.165) is 0 Å². The number of halogens is 3. The molecule has 0 atom stereocenters. The van der Waals surface area contributed by atoms with Crippen molar-refractivity contribution < 1.29 is 27.1 Å². The zero-order valence-corrected chi connectivity index (χ0v) is 9.22. The lowest BCUT2D eigenvalue weighted by Crippen LogP contribution is -2.14. The lowest BCUT2D eigenvalue weighted by atomic mass is 10.3. The number of alkyl halides is 3. The number of rotatable bonds is 4. The number of nitrogens with zero attached hydrogens (tertiary/aromatic N) is 1. The van der Waals surface area contributed by atoms with Crippen LogP contribution in [0.1, 0.15) is 30.1 Å². The first-order chi connectivity index (χ1) is 7.90. The molecule has 0 aromatic carbocycles. The average molecular weight is 252 g/mol. The third-order valence-electron chi connectivity index (χ3n) is 1.68. The molecule has 5 nitrogen and oxygen atoms in total. The Kier molecular flexibility index (Phi) is 3.97. The van der Waals surface area contributed by atoms with E-state index in [-0.39, 0.29) is 12.6 Å². The Hall–Kier alpha value is -1.73. The molecule has 1 rings (SSSR count). The van der Waals surface area contributed by atoms with E-state index in [9.17, 15) is 18.0 Å². The Morgan fingerprint density at radius 1 is 1.47 bits per heavy atom. The van der Waals surface area contributed by atoms with Crippen LogP contribution >= 0.6 is 0 Å². The van der Waals surface area contributed by atoms with Crippen molar-refractivity contribution in [2.24, 2.45) is 0 Å². The first kappa shape index (κ1) is 13.3. The highest BCUT2D eigenvalue weighted by molar-refractivity contribution is 5.88. The fourth-order valence-electron chi connectivity index (χ4n) is 1.07. The third kappa shape index (κ3) is 3.11. The van der Waals surface area contributed by atoms with Gasteiger partial charge in [0, 0.05) is 6.54 Å². The van der Waals surface area contributed by atoms with Gasteiger partial charge in [0.15, 0.2) is 5.69 Å². The normalized spacial score (nSPS) is 11.4. The number of oxazole rings is 1. The van der Waals surface area contributed by atoms with Gasteiger partial charge >= 0.3 is 12.1 Å². The SMILES string of the molecule is CCNc1nc(C(F)(F)F)c(C(=O)OCC)o1. The predicted molar refractivity (Wildman–Crippen MR) is 51.6 cm³/mol. The smallest absolute Gasteiger partial charge is 0.437 e. The third-order valence-corrected chi connectivity index (χ3v) is 1.68. The number of carbonyl (C=O) groups excluding carboxylic acids is 1. The number of hydrogen-bond donors (Lipinski definition) is 1. The maximum atomic E-state index is 12.5. The molecule has 0 unspecified atom stereocenters. The Bertz CT molecular complexity index is 401. The van der Waals surface area contributed by atoms with Crippen molar-refractivity contribution in [3.8, 4) is 0 Å². The standard InChI is InChI=1S/C9H11F3N2O3/c1-3-13-8-14-6(9(10,11)12)5(17-8)7(15)16-4-2/h3-4H2,1-2H3,(H,13,14). The summed E-state index contributed by atoms with van der Waals surface area (Å²) < 4.78 is 46.8. The summed E-state index contributed by atoms with van der Waals surface area (Å²) in [4.78, 5) is 14.4. The molecular formula is C9H11F3N2O3. The van der Waals surface area contributed by atoms with Crippen molar-refractivity contribution in [3.05, 3.63) is 11.5 Å². The van der Waals surface area contributed by atoms with E-state index in [4.69, 9.17) is 0 Å². The maximum absolute atomic E-state index is 12.5. The van der Waals surface area contributed by atoms with Gasteiger partial charge in [0.05, 0.1) is 6.61 Å². The predicted octanol–water partition coefficient (Wildman–Crippen LogP) is 2.30. The lowest BCUT2D eigenvalue weighted by molar-refractivity contribution is -0.141. The molecule has 1 aromatic heterocycles. The molecule has 0 bridgehead atoms. The highest BCUT2D eigenvalue weighted by Crippen LogP contribution is 2.33. The molecule has 1 aromatic rings. The second kappa shape index (κ2) is 5.07. The minimum absolute atomic E-state index is 0.0482. The Balaban J connectivity index is 3.12. The minimum atomic E-state index is -4.76. The van der Waals surface area contributed by atoms with Crippen LogP contribution in [0.2, 0.25) is 0 Å². The lowest BCUT2D eigenvalue weighted by Gasteiger charge is -2.03. The summed E-state index contributed by atoms with van der Waals surface area (Å²) in [6.45, 7) is 3.40. The molecule has 0 aliphatic heterocycles. The first-order valence-electron chi connectivity index (χ1n) is 4.89. The molecular weight excluding hydrogens is 241 g/mol. The van der Waals surface area contributed by atoms with Gasteiger partial charge in [-0.3, -0.25) is 0 Å². The summed E-state index contributed by atoms with van der Waals surface area (Å²) in [5, 5.41) is 2.45. The number of carbonyl (C=O) groups is 1. The van der Waals surface area contributed by atoms with Gasteiger partial charge in [-0.05, 0) is 13.8 Å². The van der Waals surface area contributed by atoms with Gasteiger partial charge in [0.2, 0.25) is 5.76 Å². The molecule has 8 heteroatoms. The highest BCUT2D eigenvalue weighted by atomic mass is 19.4. The van der Waals surface area contributed by atoms with E-state index in [2.05, 4.69) is 19.5 Å². The van der Waals surface area contributed by atoms with Crippen molar-refractivity contribution in [2.45, 2.75) is 20.0 Å². The van der Waals surface area contributed by atoms with Crippen molar-refractivity contribution in [1.82, 2.24) is 4.98 Å². The summed E-state index contributed by atoms with van der Waals surface area (Å²) in [5.74, 6) is -2.12. The number of aromatic nitrogens is 1. The Labute approximate surface area is 95.0 Å². The van der Waals surface area contributed by atoms with Crippen molar-refractivity contribution in [3.63, 3.8) is 0 Å². The van der Waals surface area contributed by atoms with Crippen molar-refractivity contribution in [2.75, 3.05) is 18.5 Å². The largest absolute Gasteiger partial charge is 0.460 e. The van der Waals surface area contributed by atoms with Gasteiger partial charge in [0.1, 0.15) is 0 Å². The van der Waals surface area contributed by atoms with Crippen molar-refractivity contribution >= 4 is 12.0 Å². The molecule has 0 saturated carbocycles. The molecule has 0 fully saturated rings. The number of ether oxygens (including phenoxy) is 1. The topological polar surface area (TPSA) is 64.4 Å². The van der Waals surface area contributed by atoms with Crippen LogP contribution in [-0.4, -0.2) is 24.1 Å². The molecule has 0 spiro atoms. The number of nitrogens with one attached hydrogen (secondary N) is 1. The van der Waals surface area contributed by atoms with Crippen molar-refractivity contribution in [1.29, 1.82) is 0 Å². The second-order valence-electron chi connectivity index (χ2n) is 2.95. The monoisotopic (exact) mass is 252 g/mol. The van der Waals surface area contributed by atoms with E-state index in [1.807, 2.05) is 0 Å². The summed E-state index contributed by atoms with van der Waals surface area (Å²) in [6, 6.07) is -0.358. The van der Waals surface area contributed by atoms with Gasteiger partial charge in [-0.15, -0.1) is 0 Å². The number of esters is 1. The molecule has 0 amide bonds. The van der Waals surface area contributed by atoms with Gasteiger partial charge in [0.25, 0.3) is 6.01 Å². The first-order valence-corrected chi connectivity index (χ1v) is 4.89. The van der Waals surface area contributed by atoms with Gasteiger partial charge in [-0.25, -0.2) is 4.79 Å². The highest BCUT2D eigenvalue weighted by Gasteiger charge is 2.41. The molecule has 17 heavy (non-hydrogen) atoms. The van der Waals surface area contributed by atoms with E-state index in [1.54, 1.807) is 6.92 Å². The fourth-order valence-corrected chi connectivity index (χ4v) is 1.07. The van der Waals surface area contributed by atoms with Crippen LogP contribution in [0.25, 0.3) is 0 Å². The van der Waals surface area contributed by atoms with E-state index >= 15 is 0 Å². The maximum Gasteiger partial charge on any atom is 0.437 e. The molecule has 1 heterocycles. The summed E-state index contributed by atoms with van der Waals surface area (Å²) in [5.41, 5.74) is -1.38. The van der Waals surface area contributed by atoms with Gasteiger partial charge < -0.3 is 14.5 Å². The van der Waals surface area contributed by atoms with Gasteiger partial charge in [-0.1, -0.05) is 0 Å². The van der Waals surface area contributed by atoms with Gasteiger partial charge in [-0.2, -0.15) is 18.2 Å². The Morgan fingerprint density at radius 2 is 2.12 bits per heavy atom. The van der Waals surface area contributed by atoms with E-state index in [0.29, 0.717) is 6.54 Å². The summed E-state index contributed by atoms with van der Waals surface area (Å²) >= 11 is 0. The summed E-state index contributed by atoms with van der Waals surface area (Å²) in [6.07, 6.45) is -4.76. The van der Waals surface area contributed by atoms with Crippen LogP contribution in [0.4, 0.5) is 19.2 Å². The zero-order chi connectivity index (χ0) is 13.1. The molecule has 96 valence electrons. The quantitative estimate of drug-likeness (QED) is 0.833. The number of anilines is 1. The minimum Gasteiger partial charge on any atom is -0.460 e. The average Bonchev–Trinajstić information content (AvgIpc) is 2.62. The van der Waals surface area contributed by atoms with Crippen LogP contribution in [0.3, 0.4) is 0 Å². The van der Waals surface area contributed by atoms with E-state index in [1.165, 1.54) is 6.92 Å². The molecule has 0 aliphatic carbocycles. The molecule has 0 saturated heterocycles. The van der Waals surface area contributed by atoms with Crippen LogP contribution in [0.5, 0.6) is 0 Å². The zero-order valence-electron chi connectivity index (χ0n) is 9.22. The molecule has 0 aliphatic rings.